The number of hydrogen-bond acceptors (Lipinski definition) is 6. The predicted octanol–water partition coefficient (Wildman–Crippen LogP) is 3.39. The summed E-state index contributed by atoms with van der Waals surface area (Å²) in [6, 6.07) is 6.48. The molecule has 2 heterocycles. The molecule has 0 amide bonds. The van der Waals surface area contributed by atoms with Crippen LogP contribution in [-0.4, -0.2) is 33.8 Å². The third-order valence-electron chi connectivity index (χ3n) is 3.26. The Morgan fingerprint density at radius 1 is 1.27 bits per heavy atom. The highest BCUT2D eigenvalue weighted by molar-refractivity contribution is 8.00. The molecule has 0 bridgehead atoms. The molecule has 0 radical (unpaired) electrons. The SMILES string of the molecule is Cc1cc(-n2ccnc2)ccc1CSc1nnc(N(C)C)s1. The molecule has 0 atom stereocenters. The normalized spacial score (nSPS) is 10.9. The summed E-state index contributed by atoms with van der Waals surface area (Å²) in [4.78, 5) is 6.06. The molecule has 0 spiro atoms. The number of thioether (sulfide) groups is 1. The summed E-state index contributed by atoms with van der Waals surface area (Å²) in [7, 11) is 3.96. The van der Waals surface area contributed by atoms with Crippen LogP contribution in [0.15, 0.2) is 41.3 Å². The zero-order valence-electron chi connectivity index (χ0n) is 12.7. The van der Waals surface area contributed by atoms with Crippen LogP contribution in [0.4, 0.5) is 5.13 Å². The van der Waals surface area contributed by atoms with Crippen molar-refractivity contribution in [2.24, 2.45) is 0 Å². The first-order chi connectivity index (χ1) is 10.6. The average molecular weight is 331 g/mol. The van der Waals surface area contributed by atoms with Gasteiger partial charge in [-0.25, -0.2) is 4.98 Å². The van der Waals surface area contributed by atoms with Crippen molar-refractivity contribution in [1.29, 1.82) is 0 Å². The van der Waals surface area contributed by atoms with Gasteiger partial charge >= 0.3 is 0 Å². The van der Waals surface area contributed by atoms with Gasteiger partial charge in [0.1, 0.15) is 0 Å². The number of hydrogen-bond donors (Lipinski definition) is 0. The zero-order valence-corrected chi connectivity index (χ0v) is 14.4. The van der Waals surface area contributed by atoms with Crippen LogP contribution in [0.25, 0.3) is 5.69 Å². The lowest BCUT2D eigenvalue weighted by molar-refractivity contribution is 0.972. The Bertz CT molecular complexity index is 749. The number of aryl methyl sites for hydroxylation is 1. The van der Waals surface area contributed by atoms with E-state index in [1.807, 2.05) is 36.1 Å². The summed E-state index contributed by atoms with van der Waals surface area (Å²) < 4.78 is 3.01. The van der Waals surface area contributed by atoms with Crippen molar-refractivity contribution in [3.05, 3.63) is 48.0 Å². The van der Waals surface area contributed by atoms with Crippen molar-refractivity contribution >= 4 is 28.2 Å². The Labute approximate surface area is 138 Å². The summed E-state index contributed by atoms with van der Waals surface area (Å²) in [5.74, 6) is 0.901. The van der Waals surface area contributed by atoms with Gasteiger partial charge in [-0.05, 0) is 30.2 Å². The third-order valence-corrected chi connectivity index (χ3v) is 5.53. The van der Waals surface area contributed by atoms with Crippen molar-refractivity contribution < 1.29 is 0 Å². The molecule has 114 valence electrons. The summed E-state index contributed by atoms with van der Waals surface area (Å²) >= 11 is 3.35. The first-order valence-electron chi connectivity index (χ1n) is 6.85. The molecule has 0 aliphatic rings. The Morgan fingerprint density at radius 3 is 2.77 bits per heavy atom. The highest BCUT2D eigenvalue weighted by Crippen LogP contribution is 2.30. The number of imidazole rings is 1. The molecule has 3 rings (SSSR count). The van der Waals surface area contributed by atoms with Gasteiger partial charge in [0, 0.05) is 37.9 Å². The molecule has 2 aromatic heterocycles. The number of rotatable bonds is 5. The second-order valence-corrected chi connectivity index (χ2v) is 7.29. The molecule has 5 nitrogen and oxygen atoms in total. The largest absolute Gasteiger partial charge is 0.353 e. The lowest BCUT2D eigenvalue weighted by Gasteiger charge is -2.08. The topological polar surface area (TPSA) is 46.8 Å². The molecule has 0 saturated heterocycles. The monoisotopic (exact) mass is 331 g/mol. The van der Waals surface area contributed by atoms with Crippen LogP contribution in [0.3, 0.4) is 0 Å². The lowest BCUT2D eigenvalue weighted by Crippen LogP contribution is -2.07. The van der Waals surface area contributed by atoms with Gasteiger partial charge < -0.3 is 9.47 Å². The minimum atomic E-state index is 0.901. The van der Waals surface area contributed by atoms with Crippen molar-refractivity contribution in [2.45, 2.75) is 17.0 Å². The van der Waals surface area contributed by atoms with Crippen LogP contribution in [0, 0.1) is 6.92 Å². The maximum atomic E-state index is 4.22. The van der Waals surface area contributed by atoms with Crippen LogP contribution in [0.5, 0.6) is 0 Å². The van der Waals surface area contributed by atoms with E-state index >= 15 is 0 Å². The minimum absolute atomic E-state index is 0.901. The highest BCUT2D eigenvalue weighted by Gasteiger charge is 2.08. The second-order valence-electron chi connectivity index (χ2n) is 5.11. The maximum absolute atomic E-state index is 4.22. The number of aromatic nitrogens is 4. The Kier molecular flexibility index (Phi) is 4.44. The minimum Gasteiger partial charge on any atom is -0.353 e. The van der Waals surface area contributed by atoms with E-state index in [2.05, 4.69) is 40.3 Å². The Balaban J connectivity index is 1.70. The smallest absolute Gasteiger partial charge is 0.208 e. The molecule has 3 aromatic rings. The van der Waals surface area contributed by atoms with Crippen molar-refractivity contribution in [3.63, 3.8) is 0 Å². The van der Waals surface area contributed by atoms with E-state index in [1.165, 1.54) is 11.1 Å². The molecule has 0 saturated carbocycles. The van der Waals surface area contributed by atoms with Gasteiger partial charge in [0.05, 0.1) is 6.33 Å². The molecule has 0 fully saturated rings. The first-order valence-corrected chi connectivity index (χ1v) is 8.65. The van der Waals surface area contributed by atoms with Crippen LogP contribution >= 0.6 is 23.1 Å². The summed E-state index contributed by atoms with van der Waals surface area (Å²) in [6.07, 6.45) is 5.55. The fourth-order valence-corrected chi connectivity index (χ4v) is 3.84. The van der Waals surface area contributed by atoms with E-state index in [-0.39, 0.29) is 0 Å². The molecular weight excluding hydrogens is 314 g/mol. The van der Waals surface area contributed by atoms with Gasteiger partial charge in [0.2, 0.25) is 5.13 Å². The molecule has 22 heavy (non-hydrogen) atoms. The van der Waals surface area contributed by atoms with Crippen molar-refractivity contribution in [2.75, 3.05) is 19.0 Å². The fraction of sp³-hybridized carbons (Fsp3) is 0.267. The first kappa shape index (κ1) is 15.1. The molecule has 7 heteroatoms. The molecule has 0 aliphatic heterocycles. The molecule has 0 unspecified atom stereocenters. The second kappa shape index (κ2) is 6.50. The van der Waals surface area contributed by atoms with E-state index in [0.717, 1.165) is 20.9 Å². The Morgan fingerprint density at radius 2 is 2.14 bits per heavy atom. The van der Waals surface area contributed by atoms with Gasteiger partial charge in [-0.15, -0.1) is 10.2 Å². The van der Waals surface area contributed by atoms with E-state index in [4.69, 9.17) is 0 Å². The molecule has 0 N–H and O–H groups in total. The van der Waals surface area contributed by atoms with Crippen LogP contribution in [0.1, 0.15) is 11.1 Å². The standard InChI is InChI=1S/C15H17N5S2/c1-11-8-13(20-7-6-16-10-20)5-4-12(11)9-21-15-18-17-14(22-15)19(2)3/h4-8,10H,9H2,1-3H3. The maximum Gasteiger partial charge on any atom is 0.208 e. The van der Waals surface area contributed by atoms with Gasteiger partial charge in [-0.2, -0.15) is 0 Å². The van der Waals surface area contributed by atoms with E-state index in [0.29, 0.717) is 0 Å². The number of anilines is 1. The van der Waals surface area contributed by atoms with Crippen molar-refractivity contribution in [1.82, 2.24) is 19.7 Å². The highest BCUT2D eigenvalue weighted by atomic mass is 32.2. The predicted molar refractivity (Wildman–Crippen MR) is 92.1 cm³/mol. The van der Waals surface area contributed by atoms with Crippen LogP contribution < -0.4 is 4.90 Å². The van der Waals surface area contributed by atoms with Gasteiger partial charge in [-0.1, -0.05) is 29.2 Å². The van der Waals surface area contributed by atoms with Crippen LogP contribution in [-0.2, 0) is 5.75 Å². The van der Waals surface area contributed by atoms with Crippen molar-refractivity contribution in [3.8, 4) is 5.69 Å². The van der Waals surface area contributed by atoms with Gasteiger partial charge in [0.15, 0.2) is 4.34 Å². The van der Waals surface area contributed by atoms with E-state index < -0.39 is 0 Å². The van der Waals surface area contributed by atoms with Crippen LogP contribution in [0.2, 0.25) is 0 Å². The van der Waals surface area contributed by atoms with Gasteiger partial charge in [0.25, 0.3) is 0 Å². The molecule has 1 aromatic carbocycles. The lowest BCUT2D eigenvalue weighted by atomic mass is 10.1. The summed E-state index contributed by atoms with van der Waals surface area (Å²) in [6.45, 7) is 2.14. The molecular formula is C15H17N5S2. The number of benzene rings is 1. The van der Waals surface area contributed by atoms with E-state index in [1.54, 1.807) is 29.3 Å². The quantitative estimate of drug-likeness (QED) is 0.671. The van der Waals surface area contributed by atoms with Gasteiger partial charge in [-0.3, -0.25) is 0 Å². The molecule has 0 aliphatic carbocycles. The summed E-state index contributed by atoms with van der Waals surface area (Å²) in [5, 5.41) is 9.32. The zero-order chi connectivity index (χ0) is 15.5. The Hall–Kier alpha value is -1.86. The third kappa shape index (κ3) is 3.31. The summed E-state index contributed by atoms with van der Waals surface area (Å²) in [5.41, 5.74) is 3.72. The average Bonchev–Trinajstić information content (AvgIpc) is 3.17. The fourth-order valence-electron chi connectivity index (χ4n) is 2.00. The number of nitrogens with zero attached hydrogens (tertiary/aromatic N) is 5. The van der Waals surface area contributed by atoms with E-state index in [9.17, 15) is 0 Å².